The highest BCUT2D eigenvalue weighted by Gasteiger charge is 2.52. The Hall–Kier alpha value is -1.88. The third-order valence-electron chi connectivity index (χ3n) is 4.54. The van der Waals surface area contributed by atoms with Gasteiger partial charge in [0.05, 0.1) is 11.8 Å². The molecule has 2 unspecified atom stereocenters. The zero-order chi connectivity index (χ0) is 18.0. The van der Waals surface area contributed by atoms with E-state index in [-0.39, 0.29) is 12.3 Å². The molecule has 132 valence electrons. The Kier molecular flexibility index (Phi) is 5.33. The zero-order valence-corrected chi connectivity index (χ0v) is 14.9. The van der Waals surface area contributed by atoms with Crippen molar-refractivity contribution in [2.45, 2.75) is 46.3 Å². The highest BCUT2D eigenvalue weighted by molar-refractivity contribution is 5.83. The normalized spacial score (nSPS) is 24.8. The molecular formula is C19H27NO4. The molecule has 1 aromatic carbocycles. The fraction of sp³-hybridized carbons (Fsp3) is 0.579. The van der Waals surface area contributed by atoms with E-state index >= 15 is 0 Å². The van der Waals surface area contributed by atoms with E-state index in [9.17, 15) is 14.7 Å². The summed E-state index contributed by atoms with van der Waals surface area (Å²) in [5.41, 5.74) is -0.553. The van der Waals surface area contributed by atoms with Crippen molar-refractivity contribution in [1.82, 2.24) is 4.90 Å². The van der Waals surface area contributed by atoms with E-state index in [1.54, 1.807) is 20.8 Å². The van der Waals surface area contributed by atoms with E-state index in [4.69, 9.17) is 4.74 Å². The van der Waals surface area contributed by atoms with Crippen LogP contribution in [0.2, 0.25) is 0 Å². The third-order valence-corrected chi connectivity index (χ3v) is 4.54. The lowest BCUT2D eigenvalue weighted by atomic mass is 9.76. The monoisotopic (exact) mass is 333 g/mol. The summed E-state index contributed by atoms with van der Waals surface area (Å²) in [6, 6.07) is 9.96. The maximum Gasteiger partial charge on any atom is 0.311 e. The van der Waals surface area contributed by atoms with Crippen molar-refractivity contribution in [2.24, 2.45) is 11.3 Å². The van der Waals surface area contributed by atoms with Crippen molar-refractivity contribution >= 4 is 11.9 Å². The van der Waals surface area contributed by atoms with E-state index in [0.29, 0.717) is 19.6 Å². The van der Waals surface area contributed by atoms with Crippen molar-refractivity contribution < 1.29 is 19.4 Å². The van der Waals surface area contributed by atoms with Gasteiger partial charge in [-0.3, -0.25) is 14.5 Å². The van der Waals surface area contributed by atoms with Crippen LogP contribution in [0.25, 0.3) is 0 Å². The van der Waals surface area contributed by atoms with Crippen LogP contribution < -0.4 is 0 Å². The Balaban J connectivity index is 2.11. The molecule has 1 fully saturated rings. The number of carbonyl (C=O) groups is 2. The first-order valence-electron chi connectivity index (χ1n) is 8.34. The summed E-state index contributed by atoms with van der Waals surface area (Å²) in [7, 11) is 0. The Bertz CT molecular complexity index is 593. The van der Waals surface area contributed by atoms with E-state index in [2.05, 4.69) is 4.90 Å². The quantitative estimate of drug-likeness (QED) is 0.839. The number of esters is 1. The van der Waals surface area contributed by atoms with Gasteiger partial charge in [0.25, 0.3) is 0 Å². The number of nitrogens with zero attached hydrogens (tertiary/aromatic N) is 1. The molecule has 0 saturated carbocycles. The summed E-state index contributed by atoms with van der Waals surface area (Å²) in [5.74, 6) is -1.49. The van der Waals surface area contributed by atoms with Gasteiger partial charge in [-0.05, 0) is 32.3 Å². The van der Waals surface area contributed by atoms with Gasteiger partial charge in [0.15, 0.2) is 0 Å². The van der Waals surface area contributed by atoms with Crippen LogP contribution >= 0.6 is 0 Å². The summed E-state index contributed by atoms with van der Waals surface area (Å²) in [5, 5.41) is 9.83. The SMILES string of the molecule is CC1CN(Cc2ccccc2)CC1(CC(=O)OC(C)(C)C)C(=O)O. The second-order valence-electron chi connectivity index (χ2n) is 7.78. The average Bonchev–Trinajstić information content (AvgIpc) is 2.74. The predicted molar refractivity (Wildman–Crippen MR) is 91.4 cm³/mol. The molecule has 2 atom stereocenters. The number of ether oxygens (including phenoxy) is 1. The topological polar surface area (TPSA) is 66.8 Å². The number of carbonyl (C=O) groups excluding carboxylic acids is 1. The maximum absolute atomic E-state index is 12.2. The molecule has 0 bridgehead atoms. The van der Waals surface area contributed by atoms with Crippen LogP contribution in [0.15, 0.2) is 30.3 Å². The van der Waals surface area contributed by atoms with Crippen LogP contribution in [0, 0.1) is 11.3 Å². The van der Waals surface area contributed by atoms with E-state index in [1.165, 1.54) is 0 Å². The average molecular weight is 333 g/mol. The van der Waals surface area contributed by atoms with Gasteiger partial charge in [0.2, 0.25) is 0 Å². The van der Waals surface area contributed by atoms with Crippen molar-refractivity contribution in [3.8, 4) is 0 Å². The highest BCUT2D eigenvalue weighted by Crippen LogP contribution is 2.40. The molecule has 5 heteroatoms. The number of hydrogen-bond donors (Lipinski definition) is 1. The molecule has 5 nitrogen and oxygen atoms in total. The van der Waals surface area contributed by atoms with Gasteiger partial charge >= 0.3 is 11.9 Å². The first kappa shape index (κ1) is 18.5. The lowest BCUT2D eigenvalue weighted by Crippen LogP contribution is -2.41. The van der Waals surface area contributed by atoms with Crippen molar-refractivity contribution in [1.29, 1.82) is 0 Å². The molecule has 1 aromatic rings. The summed E-state index contributed by atoms with van der Waals surface area (Å²) in [6.45, 7) is 8.98. The minimum atomic E-state index is -1.09. The van der Waals surface area contributed by atoms with Crippen molar-refractivity contribution in [2.75, 3.05) is 13.1 Å². The molecule has 2 rings (SSSR count). The predicted octanol–water partition coefficient (Wildman–Crippen LogP) is 2.94. The number of hydrogen-bond acceptors (Lipinski definition) is 4. The van der Waals surface area contributed by atoms with Gasteiger partial charge in [-0.2, -0.15) is 0 Å². The molecule has 1 aliphatic rings. The largest absolute Gasteiger partial charge is 0.481 e. The molecule has 1 heterocycles. The number of benzene rings is 1. The number of rotatable bonds is 5. The van der Waals surface area contributed by atoms with Gasteiger partial charge in [-0.1, -0.05) is 37.3 Å². The minimum absolute atomic E-state index is 0.0912. The Labute approximate surface area is 143 Å². The van der Waals surface area contributed by atoms with E-state index in [1.807, 2.05) is 37.3 Å². The Morgan fingerprint density at radius 3 is 2.46 bits per heavy atom. The van der Waals surface area contributed by atoms with Crippen LogP contribution in [-0.4, -0.2) is 40.6 Å². The Morgan fingerprint density at radius 2 is 1.92 bits per heavy atom. The number of carboxylic acid groups (broad SMARTS) is 1. The number of likely N-dealkylation sites (tertiary alicyclic amines) is 1. The third kappa shape index (κ3) is 4.35. The van der Waals surface area contributed by atoms with E-state index in [0.717, 1.165) is 5.56 Å². The molecule has 24 heavy (non-hydrogen) atoms. The van der Waals surface area contributed by atoms with Gasteiger partial charge in [-0.25, -0.2) is 0 Å². The molecule has 0 aromatic heterocycles. The fourth-order valence-corrected chi connectivity index (χ4v) is 3.36. The van der Waals surface area contributed by atoms with Crippen molar-refractivity contribution in [3.63, 3.8) is 0 Å². The van der Waals surface area contributed by atoms with Crippen LogP contribution in [0.4, 0.5) is 0 Å². The van der Waals surface area contributed by atoms with Gasteiger partial charge in [0, 0.05) is 19.6 Å². The van der Waals surface area contributed by atoms with Gasteiger partial charge in [-0.15, -0.1) is 0 Å². The molecule has 1 saturated heterocycles. The van der Waals surface area contributed by atoms with Crippen molar-refractivity contribution in [3.05, 3.63) is 35.9 Å². The highest BCUT2D eigenvalue weighted by atomic mass is 16.6. The number of aliphatic carboxylic acids is 1. The smallest absolute Gasteiger partial charge is 0.311 e. The van der Waals surface area contributed by atoms with Crippen LogP contribution in [0.3, 0.4) is 0 Å². The van der Waals surface area contributed by atoms with E-state index < -0.39 is 23.0 Å². The molecule has 0 amide bonds. The number of carboxylic acids is 1. The fourth-order valence-electron chi connectivity index (χ4n) is 3.36. The molecule has 0 spiro atoms. The lowest BCUT2D eigenvalue weighted by molar-refractivity contribution is -0.166. The minimum Gasteiger partial charge on any atom is -0.481 e. The first-order valence-corrected chi connectivity index (χ1v) is 8.34. The standard InChI is InChI=1S/C19H27NO4/c1-14-11-20(12-15-8-6-5-7-9-15)13-19(14,17(22)23)10-16(21)24-18(2,3)4/h5-9,14H,10-13H2,1-4H3,(H,22,23). The summed E-state index contributed by atoms with van der Waals surface area (Å²) < 4.78 is 5.36. The Morgan fingerprint density at radius 1 is 1.29 bits per heavy atom. The lowest BCUT2D eigenvalue weighted by Gasteiger charge is -2.29. The van der Waals surface area contributed by atoms with Crippen LogP contribution in [0.1, 0.15) is 39.7 Å². The van der Waals surface area contributed by atoms with Gasteiger partial charge < -0.3 is 9.84 Å². The zero-order valence-electron chi connectivity index (χ0n) is 14.9. The first-order chi connectivity index (χ1) is 11.1. The van der Waals surface area contributed by atoms with Crippen LogP contribution in [-0.2, 0) is 20.9 Å². The molecule has 0 radical (unpaired) electrons. The molecule has 1 N–H and O–H groups in total. The summed E-state index contributed by atoms with van der Waals surface area (Å²) in [4.78, 5) is 26.3. The second kappa shape index (κ2) is 6.93. The second-order valence-corrected chi connectivity index (χ2v) is 7.78. The summed E-state index contributed by atoms with van der Waals surface area (Å²) in [6.07, 6.45) is -0.0912. The molecule has 1 aliphatic heterocycles. The molecule has 0 aliphatic carbocycles. The summed E-state index contributed by atoms with van der Waals surface area (Å²) >= 11 is 0. The maximum atomic E-state index is 12.2. The van der Waals surface area contributed by atoms with Gasteiger partial charge in [0.1, 0.15) is 5.60 Å². The molecular weight excluding hydrogens is 306 g/mol. The van der Waals surface area contributed by atoms with Crippen LogP contribution in [0.5, 0.6) is 0 Å².